The van der Waals surface area contributed by atoms with Gasteiger partial charge in [0.15, 0.2) is 0 Å². The summed E-state index contributed by atoms with van der Waals surface area (Å²) in [5, 5.41) is 15.2. The SMILES string of the molecule is CC(=O)OOC(C)=O.CC(C)C=O.CC(C)CN1CCc2cc3c(cc2C1)CCC[C@H]3N.CC(C)CN1CCc2cc3c(cc2C1)CCC[C@H]3N=[N+]=[N-].[B-]OC(C)=O.[N-]=[N+]=N[C@@H]1CCCc2cc3c(cc21)CCN(C(=O)C(F)(F)F)C3.[N-]=[N+]=N[C@@H]1CCCc2cc3c(cc21)CCNC3.[Na+].[Na+].[OH-]. The first-order chi connectivity index (χ1) is 46.7. The average molecular weight is 1420 g/mol. The fourth-order valence-corrected chi connectivity index (χ4v) is 13.9. The molecule has 4 aromatic carbocycles. The van der Waals surface area contributed by atoms with Crippen molar-refractivity contribution in [1.29, 1.82) is 0 Å². The van der Waals surface area contributed by atoms with Gasteiger partial charge in [0.2, 0.25) is 5.97 Å². The monoisotopic (exact) mass is 1420 g/mol. The van der Waals surface area contributed by atoms with Gasteiger partial charge in [0.25, 0.3) is 0 Å². The van der Waals surface area contributed by atoms with Crippen molar-refractivity contribution in [3.63, 3.8) is 0 Å². The van der Waals surface area contributed by atoms with Gasteiger partial charge in [-0.05, 0) is 227 Å². The van der Waals surface area contributed by atoms with Gasteiger partial charge in [-0.3, -0.25) is 19.4 Å². The van der Waals surface area contributed by atoms with E-state index >= 15 is 0 Å². The first-order valence-electron chi connectivity index (χ1n) is 34.4. The van der Waals surface area contributed by atoms with Crippen LogP contribution in [0.5, 0.6) is 0 Å². The molecule has 4 N–H and O–H groups in total. The minimum absolute atomic E-state index is 0. The van der Waals surface area contributed by atoms with Crippen molar-refractivity contribution in [2.24, 2.45) is 38.8 Å². The smallest absolute Gasteiger partial charge is 0.870 e. The Morgan fingerprint density at radius 2 is 0.901 bits per heavy atom. The molecular weight excluding hydrogens is 1320 g/mol. The van der Waals surface area contributed by atoms with E-state index in [1.807, 2.05) is 26.0 Å². The number of amides is 1. The molecule has 0 unspecified atom stereocenters. The summed E-state index contributed by atoms with van der Waals surface area (Å²) in [6, 6.07) is 18.2. The summed E-state index contributed by atoms with van der Waals surface area (Å²) in [5.41, 5.74) is 53.2. The molecule has 1 amide bonds. The van der Waals surface area contributed by atoms with Gasteiger partial charge in [0, 0.05) is 106 Å². The predicted molar refractivity (Wildman–Crippen MR) is 372 cm³/mol. The molecule has 4 aromatic rings. The van der Waals surface area contributed by atoms with Gasteiger partial charge in [0.1, 0.15) is 6.29 Å². The van der Waals surface area contributed by atoms with Crippen LogP contribution in [0.1, 0.15) is 227 Å². The standard InChI is InChI=1S/C17H24N4.C17H26N2.C15H15F3N4O.C13H16N4.C4H6O4.C4H8O.C2H3BO2.2Na.H2O/c1-12(2)10-21-7-6-13-9-16-14(8-15(13)11-21)4-3-5-17(16)19-20-18;1-12(2)10-19-7-6-13-9-16-14(8-15(13)11-19)4-3-5-17(16)18;16-15(17,18)14(23)22-5-4-9-7-12-10(6-11(9)8-22)2-1-3-13(12)20-21-19;14-17-16-13-3-1-2-10-6-11-8-15-5-4-9(11)7-12(10)13;1-3(5)7-8-4(2)6;1-4(2)3-5;1-2(4)5-3;;;/h8-9,12,17H,3-7,10-11H2,1-2H3;8-9,12,17H,3-7,10-11,18H2,1-2H3;6-7,13H,1-5,8H2;6-7,13,15H,1-5,8H2;1-2H3;3-4H,1-2H3;1H3;;;1H2/q;;;;;;-1;2*+1;/p-1/t2*17-;2*13-;;;;;;/m1111....../s1. The third-order valence-corrected chi connectivity index (χ3v) is 18.2. The minimum atomic E-state index is -4.84. The molecule has 29 heteroatoms. The van der Waals surface area contributed by atoms with Crippen molar-refractivity contribution >= 4 is 38.2 Å². The number of rotatable bonds is 8. The van der Waals surface area contributed by atoms with Crippen LogP contribution in [0.4, 0.5) is 13.2 Å². The van der Waals surface area contributed by atoms with E-state index in [2.05, 4.69) is 132 Å². The van der Waals surface area contributed by atoms with Crippen molar-refractivity contribution in [2.75, 3.05) is 39.3 Å². The number of nitrogens with zero attached hydrogens (tertiary/aromatic N) is 12. The maximum atomic E-state index is 12.6. The molecule has 8 aliphatic rings. The van der Waals surface area contributed by atoms with Crippen LogP contribution in [-0.4, -0.2) is 104 Å². The van der Waals surface area contributed by atoms with Gasteiger partial charge in [-0.1, -0.05) is 105 Å². The number of nitrogens with one attached hydrogen (secondary N) is 1. The number of benzene rings is 4. The summed E-state index contributed by atoms with van der Waals surface area (Å²) in [7, 11) is 4.32. The predicted octanol–water partition coefficient (Wildman–Crippen LogP) is 8.60. The number of azide groups is 3. The van der Waals surface area contributed by atoms with Crippen molar-refractivity contribution in [2.45, 2.75) is 222 Å². The summed E-state index contributed by atoms with van der Waals surface area (Å²) in [6.45, 7) is 25.4. The van der Waals surface area contributed by atoms with Crippen LogP contribution < -0.4 is 70.2 Å². The summed E-state index contributed by atoms with van der Waals surface area (Å²) in [4.78, 5) is 72.6. The quantitative estimate of drug-likeness (QED) is 0.0318. The Hall–Kier alpha value is -5.99. The molecule has 4 heterocycles. The topological polar surface area (TPSA) is 337 Å². The van der Waals surface area contributed by atoms with E-state index in [-0.39, 0.29) is 108 Å². The zero-order chi connectivity index (χ0) is 71.6. The molecule has 0 spiro atoms. The maximum Gasteiger partial charge on any atom is 1.00 e. The van der Waals surface area contributed by atoms with Gasteiger partial charge < -0.3 is 38.9 Å². The van der Waals surface area contributed by atoms with E-state index in [0.29, 0.717) is 6.42 Å². The van der Waals surface area contributed by atoms with E-state index in [4.69, 9.17) is 22.3 Å². The number of alkyl halides is 3. The number of halogens is 3. The van der Waals surface area contributed by atoms with Crippen molar-refractivity contribution in [3.8, 4) is 0 Å². The first kappa shape index (κ1) is 89.2. The molecule has 12 rings (SSSR count). The Morgan fingerprint density at radius 1 is 0.554 bits per heavy atom. The molecule has 0 bridgehead atoms. The molecule has 4 aliphatic heterocycles. The summed E-state index contributed by atoms with van der Waals surface area (Å²) in [5.74, 6) is -1.85. The number of nitrogens with two attached hydrogens (primary N) is 1. The fourth-order valence-electron chi connectivity index (χ4n) is 13.9. The number of carbonyl (C=O) groups is 5. The van der Waals surface area contributed by atoms with Crippen LogP contribution in [0.25, 0.3) is 31.3 Å². The normalized spacial score (nSPS) is 18.6. The van der Waals surface area contributed by atoms with E-state index < -0.39 is 30.0 Å². The van der Waals surface area contributed by atoms with Crippen LogP contribution in [-0.2, 0) is 116 Å². The maximum absolute atomic E-state index is 12.6. The molecule has 537 valence electrons. The van der Waals surface area contributed by atoms with Crippen LogP contribution >= 0.6 is 0 Å². The Labute approximate surface area is 638 Å². The van der Waals surface area contributed by atoms with Crippen molar-refractivity contribution < 1.29 is 116 Å². The molecule has 0 saturated heterocycles. The first-order valence-corrected chi connectivity index (χ1v) is 34.4. The van der Waals surface area contributed by atoms with Gasteiger partial charge in [0.05, 0.1) is 18.1 Å². The number of hydrogen-bond donors (Lipinski definition) is 2. The van der Waals surface area contributed by atoms with Crippen LogP contribution in [0.2, 0.25) is 0 Å². The molecule has 3 radical (unpaired) electrons. The van der Waals surface area contributed by atoms with E-state index in [9.17, 15) is 37.1 Å². The number of aryl methyl sites for hydroxylation is 4. The molecule has 101 heavy (non-hydrogen) atoms. The van der Waals surface area contributed by atoms with Gasteiger partial charge >= 0.3 is 83.1 Å². The van der Waals surface area contributed by atoms with Gasteiger partial charge in [-0.25, -0.2) is 19.4 Å². The Kier molecular flexibility index (Phi) is 39.4. The van der Waals surface area contributed by atoms with Crippen LogP contribution in [0, 0.1) is 17.8 Å². The molecular formula is C72H99BF3N14Na2O9. The molecule has 23 nitrogen and oxygen atoms in total. The van der Waals surface area contributed by atoms with E-state index in [1.54, 1.807) is 11.1 Å². The summed E-state index contributed by atoms with van der Waals surface area (Å²) in [6.07, 6.45) is 12.5. The van der Waals surface area contributed by atoms with Crippen LogP contribution in [0.3, 0.4) is 0 Å². The zero-order valence-electron chi connectivity index (χ0n) is 61.0. The van der Waals surface area contributed by atoms with Crippen molar-refractivity contribution in [1.82, 2.24) is 20.0 Å². The fraction of sp³-hybridized carbons (Fsp3) is 0.597. The minimum Gasteiger partial charge on any atom is -0.870 e. The molecule has 0 aromatic heterocycles. The third kappa shape index (κ3) is 28.2. The van der Waals surface area contributed by atoms with Gasteiger partial charge in [-0.15, -0.1) is 0 Å². The Bertz CT molecular complexity index is 3560. The molecule has 0 fully saturated rings. The van der Waals surface area contributed by atoms with E-state index in [1.165, 1.54) is 101 Å². The summed E-state index contributed by atoms with van der Waals surface area (Å²) < 4.78 is 41.4. The Balaban J connectivity index is 0.000000322. The average Bonchev–Trinajstić information content (AvgIpc) is 0.802. The Morgan fingerprint density at radius 3 is 1.26 bits per heavy atom. The zero-order valence-corrected chi connectivity index (χ0v) is 65.0. The molecule has 4 atom stereocenters. The van der Waals surface area contributed by atoms with Gasteiger partial charge in [-0.2, -0.15) is 13.2 Å². The molecule has 4 aliphatic carbocycles. The number of fused-ring (bicyclic) bond motifs is 8. The second-order valence-electron chi connectivity index (χ2n) is 27.4. The number of aldehydes is 1. The largest absolute Gasteiger partial charge is 1.00 e. The van der Waals surface area contributed by atoms with Crippen LogP contribution in [0.15, 0.2) is 63.9 Å². The second-order valence-corrected chi connectivity index (χ2v) is 27.4. The number of carbonyl (C=O) groups excluding carboxylic acids is 5. The summed E-state index contributed by atoms with van der Waals surface area (Å²) >= 11 is 0. The van der Waals surface area contributed by atoms with Crippen molar-refractivity contribution in [3.05, 3.63) is 169 Å². The number of hydrogen-bond acceptors (Lipinski definition) is 16. The second kappa shape index (κ2) is 44.6. The third-order valence-electron chi connectivity index (χ3n) is 18.2. The molecule has 0 saturated carbocycles. The van der Waals surface area contributed by atoms with E-state index in [0.717, 1.165) is 169 Å².